The Kier molecular flexibility index (Phi) is 5.56. The molecule has 7 heteroatoms. The van der Waals surface area contributed by atoms with Gasteiger partial charge in [-0.05, 0) is 29.6 Å². The van der Waals surface area contributed by atoms with Crippen molar-refractivity contribution in [1.29, 1.82) is 0 Å². The first-order valence-corrected chi connectivity index (χ1v) is 9.09. The van der Waals surface area contributed by atoms with Gasteiger partial charge in [0.2, 0.25) is 5.60 Å². The summed E-state index contributed by atoms with van der Waals surface area (Å²) in [7, 11) is 1.24. The van der Waals surface area contributed by atoms with Crippen molar-refractivity contribution in [1.82, 2.24) is 4.98 Å². The third-order valence-electron chi connectivity index (χ3n) is 3.99. The van der Waals surface area contributed by atoms with Crippen LogP contribution < -0.4 is 5.32 Å². The lowest BCUT2D eigenvalue weighted by molar-refractivity contribution is -0.165. The fourth-order valence-corrected chi connectivity index (χ4v) is 3.65. The van der Waals surface area contributed by atoms with E-state index < -0.39 is 17.6 Å². The van der Waals surface area contributed by atoms with Crippen LogP contribution in [0.3, 0.4) is 0 Å². The van der Waals surface area contributed by atoms with Crippen molar-refractivity contribution in [3.63, 3.8) is 0 Å². The van der Waals surface area contributed by atoms with Gasteiger partial charge in [-0.3, -0.25) is 0 Å². The molecule has 0 spiro atoms. The van der Waals surface area contributed by atoms with E-state index in [1.807, 2.05) is 47.8 Å². The third kappa shape index (κ3) is 3.58. The number of carbonyl (C=O) groups is 1. The zero-order valence-electron chi connectivity index (χ0n) is 13.9. The van der Waals surface area contributed by atoms with Gasteiger partial charge in [0.1, 0.15) is 11.2 Å². The number of benzene rings is 1. The molecule has 3 aromatic rings. The largest absolute Gasteiger partial charge is 0.467 e. The number of halogens is 1. The minimum Gasteiger partial charge on any atom is -0.467 e. The first kappa shape index (κ1) is 18.4. The van der Waals surface area contributed by atoms with Crippen LogP contribution in [0.15, 0.2) is 66.2 Å². The van der Waals surface area contributed by atoms with Crippen molar-refractivity contribution in [2.24, 2.45) is 0 Å². The zero-order valence-corrected chi connectivity index (χ0v) is 15.5. The second-order valence-electron chi connectivity index (χ2n) is 5.59. The maximum Gasteiger partial charge on any atom is 0.345 e. The van der Waals surface area contributed by atoms with E-state index in [-0.39, 0.29) is 10.7 Å². The van der Waals surface area contributed by atoms with Gasteiger partial charge in [-0.1, -0.05) is 41.9 Å². The minimum absolute atomic E-state index is 0.268. The molecule has 0 saturated heterocycles. The Morgan fingerprint density at radius 3 is 2.58 bits per heavy atom. The van der Waals surface area contributed by atoms with Gasteiger partial charge in [0, 0.05) is 22.3 Å². The minimum atomic E-state index is -1.99. The van der Waals surface area contributed by atoms with Crippen LogP contribution in [0, 0.1) is 0 Å². The van der Waals surface area contributed by atoms with Crippen LogP contribution >= 0.6 is 22.9 Å². The van der Waals surface area contributed by atoms with Crippen molar-refractivity contribution < 1.29 is 14.6 Å². The topological polar surface area (TPSA) is 71.5 Å². The number of hydrogen-bond acceptors (Lipinski definition) is 6. The Morgan fingerprint density at radius 2 is 2.00 bits per heavy atom. The number of pyridine rings is 1. The van der Waals surface area contributed by atoms with Gasteiger partial charge in [-0.15, -0.1) is 11.3 Å². The van der Waals surface area contributed by atoms with Gasteiger partial charge in [-0.25, -0.2) is 9.78 Å². The number of nitrogens with one attached hydrogen (secondary N) is 1. The lowest BCUT2D eigenvalue weighted by Gasteiger charge is -2.34. The molecule has 0 aliphatic carbocycles. The summed E-state index contributed by atoms with van der Waals surface area (Å²) in [6.45, 7) is 0. The van der Waals surface area contributed by atoms with Crippen molar-refractivity contribution in [2.75, 3.05) is 12.4 Å². The normalized spacial score (nSPS) is 14.3. The highest BCUT2D eigenvalue weighted by molar-refractivity contribution is 7.10. The molecule has 2 atom stereocenters. The summed E-state index contributed by atoms with van der Waals surface area (Å²) < 4.78 is 4.93. The number of ether oxygens (including phenoxy) is 1. The van der Waals surface area contributed by atoms with Crippen LogP contribution in [-0.2, 0) is 15.1 Å². The Hall–Kier alpha value is -2.41. The summed E-state index contributed by atoms with van der Waals surface area (Å²) >= 11 is 7.29. The number of thiophene rings is 1. The van der Waals surface area contributed by atoms with Gasteiger partial charge in [0.15, 0.2) is 0 Å². The van der Waals surface area contributed by atoms with Crippen LogP contribution in [0.4, 0.5) is 5.69 Å². The van der Waals surface area contributed by atoms with E-state index in [2.05, 4.69) is 10.3 Å². The molecule has 0 aliphatic heterocycles. The molecule has 0 saturated carbocycles. The van der Waals surface area contributed by atoms with Crippen molar-refractivity contribution in [2.45, 2.75) is 11.6 Å². The molecule has 26 heavy (non-hydrogen) atoms. The predicted molar refractivity (Wildman–Crippen MR) is 102 cm³/mol. The van der Waals surface area contributed by atoms with Crippen molar-refractivity contribution in [3.05, 3.63) is 81.8 Å². The predicted octanol–water partition coefficient (Wildman–Crippen LogP) is 4.01. The summed E-state index contributed by atoms with van der Waals surface area (Å²) in [4.78, 5) is 17.5. The van der Waals surface area contributed by atoms with E-state index >= 15 is 0 Å². The Morgan fingerprint density at radius 1 is 1.23 bits per heavy atom. The third-order valence-corrected chi connectivity index (χ3v) is 5.16. The molecule has 2 N–H and O–H groups in total. The van der Waals surface area contributed by atoms with E-state index in [0.29, 0.717) is 0 Å². The number of para-hydroxylation sites is 1. The molecule has 134 valence electrons. The van der Waals surface area contributed by atoms with E-state index in [1.54, 1.807) is 6.07 Å². The van der Waals surface area contributed by atoms with E-state index in [0.717, 1.165) is 10.6 Å². The summed E-state index contributed by atoms with van der Waals surface area (Å²) in [6, 6.07) is 15.4. The highest BCUT2D eigenvalue weighted by Crippen LogP contribution is 2.40. The Labute approximate surface area is 160 Å². The van der Waals surface area contributed by atoms with Gasteiger partial charge in [0.05, 0.1) is 7.11 Å². The number of carbonyl (C=O) groups excluding carboxylic acids is 1. The Balaban J connectivity index is 2.12. The number of aromatic nitrogens is 1. The number of aliphatic hydroxyl groups is 1. The SMILES string of the molecule is COC(=O)C(O)(c1ccc(Cl)nc1)C(Nc1ccccc1)c1cccs1. The van der Waals surface area contributed by atoms with Gasteiger partial charge in [0.25, 0.3) is 0 Å². The van der Waals surface area contributed by atoms with Gasteiger partial charge < -0.3 is 15.2 Å². The van der Waals surface area contributed by atoms with Gasteiger partial charge >= 0.3 is 5.97 Å². The fourth-order valence-electron chi connectivity index (χ4n) is 2.70. The van der Waals surface area contributed by atoms with Crippen molar-refractivity contribution in [3.8, 4) is 0 Å². The number of hydrogen-bond donors (Lipinski definition) is 2. The van der Waals surface area contributed by atoms with Crippen LogP contribution in [0.2, 0.25) is 5.15 Å². The molecule has 2 heterocycles. The van der Waals surface area contributed by atoms with E-state index in [4.69, 9.17) is 16.3 Å². The highest BCUT2D eigenvalue weighted by Gasteiger charge is 2.48. The standard InChI is InChI=1S/C19H17ClN2O3S/c1-25-18(23)19(24,13-9-10-16(20)21-12-13)17(15-8-5-11-26-15)22-14-6-3-2-4-7-14/h2-12,17,22,24H,1H3. The molecule has 0 amide bonds. The second kappa shape index (κ2) is 7.86. The van der Waals surface area contributed by atoms with Crippen LogP contribution in [-0.4, -0.2) is 23.2 Å². The molecule has 0 radical (unpaired) electrons. The summed E-state index contributed by atoms with van der Waals surface area (Å²) in [5.74, 6) is -0.788. The average Bonchev–Trinajstić information content (AvgIpc) is 3.20. The lowest BCUT2D eigenvalue weighted by atomic mass is 9.86. The maximum absolute atomic E-state index is 12.7. The number of methoxy groups -OCH3 is 1. The summed E-state index contributed by atoms with van der Waals surface area (Å²) in [5.41, 5.74) is -0.946. The van der Waals surface area contributed by atoms with E-state index in [1.165, 1.54) is 30.7 Å². The molecular weight excluding hydrogens is 372 g/mol. The lowest BCUT2D eigenvalue weighted by Crippen LogP contribution is -2.45. The van der Waals surface area contributed by atoms with E-state index in [9.17, 15) is 9.90 Å². The molecule has 0 bridgehead atoms. The Bertz CT molecular complexity index is 856. The van der Waals surface area contributed by atoms with Gasteiger partial charge in [-0.2, -0.15) is 0 Å². The molecule has 1 aromatic carbocycles. The fraction of sp³-hybridized carbons (Fsp3) is 0.158. The molecular formula is C19H17ClN2O3S. The number of rotatable bonds is 6. The highest BCUT2D eigenvalue weighted by atomic mass is 35.5. The molecule has 5 nitrogen and oxygen atoms in total. The molecule has 3 rings (SSSR count). The summed E-state index contributed by atoms with van der Waals surface area (Å²) in [6.07, 6.45) is 1.38. The van der Waals surface area contributed by atoms with Crippen LogP contribution in [0.25, 0.3) is 0 Å². The smallest absolute Gasteiger partial charge is 0.345 e. The first-order valence-electron chi connectivity index (χ1n) is 7.83. The van der Waals surface area contributed by atoms with Crippen molar-refractivity contribution >= 4 is 34.6 Å². The number of nitrogens with zero attached hydrogens (tertiary/aromatic N) is 1. The zero-order chi connectivity index (χ0) is 18.6. The van der Waals surface area contributed by atoms with Crippen LogP contribution in [0.5, 0.6) is 0 Å². The molecule has 2 aromatic heterocycles. The summed E-state index contributed by atoms with van der Waals surface area (Å²) in [5, 5.41) is 16.9. The molecule has 2 unspecified atom stereocenters. The molecule has 0 fully saturated rings. The first-order chi connectivity index (χ1) is 12.6. The molecule has 0 aliphatic rings. The van der Waals surface area contributed by atoms with Crippen LogP contribution in [0.1, 0.15) is 16.5 Å². The monoisotopic (exact) mass is 388 g/mol. The quantitative estimate of drug-likeness (QED) is 0.493. The number of anilines is 1. The average molecular weight is 389 g/mol. The maximum atomic E-state index is 12.7. The second-order valence-corrected chi connectivity index (χ2v) is 6.95. The number of esters is 1.